The second-order valence-electron chi connectivity index (χ2n) is 11.9. The Hall–Kier alpha value is -5.69. The number of nitrogens with two attached hydrogens (primary N) is 1. The summed E-state index contributed by atoms with van der Waals surface area (Å²) in [7, 11) is -0.657. The van der Waals surface area contributed by atoms with Gasteiger partial charge in [0.25, 0.3) is 5.91 Å². The van der Waals surface area contributed by atoms with Crippen LogP contribution in [0.25, 0.3) is 10.8 Å². The number of anilines is 2. The molecule has 0 saturated carbocycles. The van der Waals surface area contributed by atoms with Gasteiger partial charge in [-0.05, 0) is 66.3 Å². The number of sulfone groups is 1. The average molecular weight is 778 g/mol. The van der Waals surface area contributed by atoms with Crippen molar-refractivity contribution >= 4 is 50.0 Å². The highest BCUT2D eigenvalue weighted by molar-refractivity contribution is 7.91. The van der Waals surface area contributed by atoms with Crippen LogP contribution in [0.3, 0.4) is 0 Å². The summed E-state index contributed by atoms with van der Waals surface area (Å²) in [4.78, 5) is 48.7. The largest absolute Gasteiger partial charge is 0.493 e. The van der Waals surface area contributed by atoms with E-state index in [1.165, 1.54) is 32.1 Å². The van der Waals surface area contributed by atoms with Gasteiger partial charge in [0.1, 0.15) is 5.82 Å². The highest BCUT2D eigenvalue weighted by Gasteiger charge is 2.45. The number of hydrogen-bond acceptors (Lipinski definition) is 12. The van der Waals surface area contributed by atoms with Crippen LogP contribution in [0.15, 0.2) is 71.9 Å². The van der Waals surface area contributed by atoms with E-state index in [0.717, 1.165) is 41.8 Å². The Morgan fingerprint density at radius 2 is 1.67 bits per heavy atom. The van der Waals surface area contributed by atoms with E-state index in [0.29, 0.717) is 11.8 Å². The summed E-state index contributed by atoms with van der Waals surface area (Å²) in [5, 5.41) is 2.42. The molecule has 5 rings (SSSR count). The fraction of sp³-hybridized carbons (Fsp3) is 0.314. The molecule has 3 aromatic carbocycles. The molecule has 0 bridgehead atoms. The van der Waals surface area contributed by atoms with Gasteiger partial charge in [-0.3, -0.25) is 14.8 Å². The summed E-state index contributed by atoms with van der Waals surface area (Å²) in [5.41, 5.74) is -0.581. The summed E-state index contributed by atoms with van der Waals surface area (Å²) in [6.45, 7) is 1.37. The lowest BCUT2D eigenvalue weighted by Gasteiger charge is -2.35. The first-order valence-corrected chi connectivity index (χ1v) is 17.8. The van der Waals surface area contributed by atoms with E-state index in [9.17, 15) is 36.0 Å². The number of rotatable bonds is 10. The smallest absolute Gasteiger partial charge is 0.493 e. The molecule has 0 spiro atoms. The molecular formula is C35H35F4N5O9S. The zero-order valence-electron chi connectivity index (χ0n) is 29.3. The van der Waals surface area contributed by atoms with Crippen LogP contribution in [0.2, 0.25) is 0 Å². The number of hydrazine groups is 1. The number of carbonyl (C=O) groups excluding carboxylic acids is 3. The Morgan fingerprint density at radius 1 is 0.981 bits per heavy atom. The third-order valence-electron chi connectivity index (χ3n) is 8.82. The van der Waals surface area contributed by atoms with Crippen molar-refractivity contribution in [1.29, 1.82) is 0 Å². The molecule has 1 fully saturated rings. The number of amides is 2. The van der Waals surface area contributed by atoms with Gasteiger partial charge in [-0.15, -0.1) is 5.06 Å². The first-order valence-electron chi connectivity index (χ1n) is 16.2. The Balaban J connectivity index is 1.67. The van der Waals surface area contributed by atoms with Gasteiger partial charge in [0, 0.05) is 36.0 Å². The molecule has 1 unspecified atom stereocenters. The van der Waals surface area contributed by atoms with Crippen molar-refractivity contribution < 1.29 is 59.4 Å². The molecule has 19 heteroatoms. The standard InChI is InChI=1S/C35H35F4N5O9S/c1-5-54(48,49)30-11-10-23(44(34(47)52-4)53-33(46)35(37,38)39)16-25(30)27-7-6-14-42(27)32(45)31(24-17-28(50-2)29(51-3)18-26(24)36)43(40)22-9-8-21-19-41-13-12-20(21)15-22/h8-13,15-19,27,31H,5-7,14,40H2,1-4H3/t27?,31-/m1/s1. The lowest BCUT2D eigenvalue weighted by Crippen LogP contribution is -2.46. The number of hydroxylamine groups is 1. The number of nitrogens with zero attached hydrogens (tertiary/aromatic N) is 4. The van der Waals surface area contributed by atoms with Crippen LogP contribution in [0.1, 0.15) is 43.0 Å². The Bertz CT molecular complexity index is 2190. The molecule has 2 N–H and O–H groups in total. The van der Waals surface area contributed by atoms with Gasteiger partial charge in [-0.2, -0.15) is 13.2 Å². The van der Waals surface area contributed by atoms with Crippen LogP contribution in [-0.4, -0.2) is 76.1 Å². The molecule has 1 saturated heterocycles. The van der Waals surface area contributed by atoms with Crippen molar-refractivity contribution in [3.05, 3.63) is 83.9 Å². The maximum atomic E-state index is 16.1. The van der Waals surface area contributed by atoms with Gasteiger partial charge in [0.15, 0.2) is 27.4 Å². The molecular weight excluding hydrogens is 742 g/mol. The van der Waals surface area contributed by atoms with Crippen LogP contribution in [0.4, 0.5) is 33.7 Å². The normalized spacial score (nSPS) is 15.1. The van der Waals surface area contributed by atoms with Crippen LogP contribution < -0.4 is 25.4 Å². The Morgan fingerprint density at radius 3 is 2.31 bits per heavy atom. The predicted octanol–water partition coefficient (Wildman–Crippen LogP) is 5.56. The molecule has 1 aromatic heterocycles. The second kappa shape index (κ2) is 15.7. The van der Waals surface area contributed by atoms with Gasteiger partial charge in [0.2, 0.25) is 0 Å². The quantitative estimate of drug-likeness (QED) is 0.121. The minimum atomic E-state index is -5.51. The van der Waals surface area contributed by atoms with Gasteiger partial charge in [0.05, 0.1) is 49.4 Å². The predicted molar refractivity (Wildman–Crippen MR) is 186 cm³/mol. The maximum absolute atomic E-state index is 16.1. The molecule has 4 aromatic rings. The molecule has 2 heterocycles. The van der Waals surface area contributed by atoms with Crippen molar-refractivity contribution in [2.24, 2.45) is 5.84 Å². The molecule has 54 heavy (non-hydrogen) atoms. The van der Waals surface area contributed by atoms with Crippen molar-refractivity contribution in [2.45, 2.75) is 42.9 Å². The molecule has 2 amide bonds. The highest BCUT2D eigenvalue weighted by Crippen LogP contribution is 2.42. The van der Waals surface area contributed by atoms with Crippen LogP contribution in [0.5, 0.6) is 11.5 Å². The molecule has 2 atom stereocenters. The average Bonchev–Trinajstić information content (AvgIpc) is 3.66. The van der Waals surface area contributed by atoms with E-state index >= 15 is 4.39 Å². The lowest BCUT2D eigenvalue weighted by atomic mass is 9.99. The van der Waals surface area contributed by atoms with Crippen molar-refractivity contribution in [3.63, 3.8) is 0 Å². The first-order chi connectivity index (χ1) is 25.6. The first kappa shape index (κ1) is 39.5. The third kappa shape index (κ3) is 7.81. The second-order valence-corrected chi connectivity index (χ2v) is 14.1. The van der Waals surface area contributed by atoms with Gasteiger partial charge in [-0.25, -0.2) is 28.2 Å². The maximum Gasteiger partial charge on any atom is 0.493 e. The minimum absolute atomic E-state index is 0.00571. The fourth-order valence-corrected chi connectivity index (χ4v) is 7.29. The van der Waals surface area contributed by atoms with E-state index in [-0.39, 0.29) is 51.2 Å². The zero-order valence-corrected chi connectivity index (χ0v) is 30.1. The number of aromatic nitrogens is 1. The van der Waals surface area contributed by atoms with E-state index in [4.69, 9.17) is 15.3 Å². The summed E-state index contributed by atoms with van der Waals surface area (Å²) in [6, 6.07) is 9.21. The van der Waals surface area contributed by atoms with E-state index in [1.54, 1.807) is 36.7 Å². The Labute approximate surface area is 306 Å². The van der Waals surface area contributed by atoms with Crippen molar-refractivity contribution in [2.75, 3.05) is 43.7 Å². The number of ether oxygens (including phenoxy) is 3. The van der Waals surface area contributed by atoms with Crippen molar-refractivity contribution in [3.8, 4) is 11.5 Å². The van der Waals surface area contributed by atoms with Crippen LogP contribution in [0, 0.1) is 5.82 Å². The number of carbonyl (C=O) groups is 3. The van der Waals surface area contributed by atoms with E-state index < -0.39 is 63.3 Å². The number of fused-ring (bicyclic) bond motifs is 1. The van der Waals surface area contributed by atoms with E-state index in [2.05, 4.69) is 14.6 Å². The molecule has 14 nitrogen and oxygen atoms in total. The lowest BCUT2D eigenvalue weighted by molar-refractivity contribution is -0.200. The topological polar surface area (TPSA) is 171 Å². The number of halogens is 4. The monoisotopic (exact) mass is 777 g/mol. The number of alkyl halides is 3. The minimum Gasteiger partial charge on any atom is -0.493 e. The van der Waals surface area contributed by atoms with Crippen LogP contribution in [-0.2, 0) is 29.0 Å². The number of hydrogen-bond donors (Lipinski definition) is 1. The number of pyridine rings is 1. The third-order valence-corrected chi connectivity index (χ3v) is 10.6. The van der Waals surface area contributed by atoms with Gasteiger partial charge in [-0.1, -0.05) is 13.0 Å². The number of likely N-dealkylation sites (tertiary alicyclic amines) is 1. The SMILES string of the molecule is CCS(=O)(=O)c1ccc(N(OC(=O)C(F)(F)F)C(=O)OC)cc1C1CCCN1C(=O)[C@@H](c1cc(OC)c(OC)cc1F)N(N)c1ccc2cnccc2c1. The molecule has 1 aliphatic heterocycles. The molecule has 288 valence electrons. The summed E-state index contributed by atoms with van der Waals surface area (Å²) in [5.74, 6) is 1.94. The zero-order chi connectivity index (χ0) is 39.5. The highest BCUT2D eigenvalue weighted by atomic mass is 32.2. The summed E-state index contributed by atoms with van der Waals surface area (Å²) >= 11 is 0. The van der Waals surface area contributed by atoms with Gasteiger partial charge < -0.3 is 23.9 Å². The fourth-order valence-electron chi connectivity index (χ4n) is 6.15. The number of methoxy groups -OCH3 is 3. The summed E-state index contributed by atoms with van der Waals surface area (Å²) in [6.07, 6.45) is -3.47. The number of benzene rings is 3. The van der Waals surface area contributed by atoms with Crippen LogP contribution >= 0.6 is 0 Å². The van der Waals surface area contributed by atoms with Crippen molar-refractivity contribution in [1.82, 2.24) is 9.88 Å². The molecule has 0 aliphatic carbocycles. The van der Waals surface area contributed by atoms with E-state index in [1.807, 2.05) is 0 Å². The molecule has 1 aliphatic rings. The summed E-state index contributed by atoms with van der Waals surface area (Å²) < 4.78 is 97.6. The molecule has 0 radical (unpaired) electrons. The van der Waals surface area contributed by atoms with Gasteiger partial charge >= 0.3 is 18.2 Å². The Kier molecular flexibility index (Phi) is 11.5.